The van der Waals surface area contributed by atoms with Crippen LogP contribution in [0.3, 0.4) is 0 Å². The summed E-state index contributed by atoms with van der Waals surface area (Å²) in [4.78, 5) is 22.1. The average molecular weight is 300 g/mol. The van der Waals surface area contributed by atoms with Crippen molar-refractivity contribution in [1.29, 1.82) is 0 Å². The number of carboxylic acid groups (broad SMARTS) is 1. The van der Waals surface area contributed by atoms with Gasteiger partial charge in [0.05, 0.1) is 13.2 Å². The summed E-state index contributed by atoms with van der Waals surface area (Å²) in [6.07, 6.45) is -3.11. The summed E-state index contributed by atoms with van der Waals surface area (Å²) in [6.45, 7) is 4.54. The van der Waals surface area contributed by atoms with Crippen LogP contribution >= 0.6 is 0 Å². The third kappa shape index (κ3) is 8.70. The summed E-state index contributed by atoms with van der Waals surface area (Å²) in [5.41, 5.74) is 5.74. The molecule has 1 fully saturated rings. The Labute approximate surface area is 114 Å². The number of likely N-dealkylation sites (tertiary alicyclic amines) is 1. The van der Waals surface area contributed by atoms with Crippen molar-refractivity contribution in [3.05, 3.63) is 0 Å². The van der Waals surface area contributed by atoms with Crippen molar-refractivity contribution in [2.45, 2.75) is 32.0 Å². The molecule has 1 aliphatic heterocycles. The fraction of sp³-hybridized carbons (Fsp3) is 0.818. The van der Waals surface area contributed by atoms with E-state index in [2.05, 4.69) is 4.90 Å². The molecular formula is C11H19F3N2O4. The summed E-state index contributed by atoms with van der Waals surface area (Å²) in [7, 11) is 0. The molecule has 0 saturated carbocycles. The monoisotopic (exact) mass is 300 g/mol. The van der Waals surface area contributed by atoms with E-state index >= 15 is 0 Å². The van der Waals surface area contributed by atoms with Gasteiger partial charge >= 0.3 is 18.1 Å². The molecule has 0 spiro atoms. The SMILES string of the molecule is CCOC(=O)CN1CCC(N)CC1.O=C(O)C(F)(F)F. The Hall–Kier alpha value is -1.35. The molecule has 3 N–H and O–H groups in total. The third-order valence-electron chi connectivity index (χ3n) is 2.53. The zero-order chi connectivity index (χ0) is 15.8. The van der Waals surface area contributed by atoms with Crippen LogP contribution in [0.4, 0.5) is 13.2 Å². The van der Waals surface area contributed by atoms with Crippen LogP contribution in [-0.4, -0.2) is 60.4 Å². The molecule has 0 aromatic carbocycles. The van der Waals surface area contributed by atoms with Gasteiger partial charge in [0.2, 0.25) is 0 Å². The Morgan fingerprint density at radius 3 is 2.15 bits per heavy atom. The molecular weight excluding hydrogens is 281 g/mol. The molecule has 0 atom stereocenters. The fourth-order valence-corrected chi connectivity index (χ4v) is 1.50. The third-order valence-corrected chi connectivity index (χ3v) is 2.53. The van der Waals surface area contributed by atoms with Gasteiger partial charge in [0, 0.05) is 19.1 Å². The Morgan fingerprint density at radius 2 is 1.80 bits per heavy atom. The molecule has 0 unspecified atom stereocenters. The van der Waals surface area contributed by atoms with Crippen LogP contribution in [0.15, 0.2) is 0 Å². The van der Waals surface area contributed by atoms with Crippen LogP contribution in [0, 0.1) is 0 Å². The molecule has 1 aliphatic rings. The highest BCUT2D eigenvalue weighted by Crippen LogP contribution is 2.13. The minimum absolute atomic E-state index is 0.127. The number of carbonyl (C=O) groups is 2. The molecule has 20 heavy (non-hydrogen) atoms. The first-order valence-corrected chi connectivity index (χ1v) is 6.10. The molecule has 0 amide bonds. The molecule has 1 saturated heterocycles. The normalized spacial score (nSPS) is 17.1. The van der Waals surface area contributed by atoms with E-state index in [4.69, 9.17) is 20.4 Å². The van der Waals surface area contributed by atoms with Crippen LogP contribution < -0.4 is 5.73 Å². The van der Waals surface area contributed by atoms with Gasteiger partial charge in [0.25, 0.3) is 0 Å². The fourth-order valence-electron chi connectivity index (χ4n) is 1.50. The molecule has 118 valence electrons. The topological polar surface area (TPSA) is 92.9 Å². The van der Waals surface area contributed by atoms with Crippen LogP contribution in [-0.2, 0) is 14.3 Å². The average Bonchev–Trinajstić information content (AvgIpc) is 2.32. The molecule has 0 aromatic rings. The van der Waals surface area contributed by atoms with Crippen LogP contribution in [0.5, 0.6) is 0 Å². The zero-order valence-electron chi connectivity index (χ0n) is 11.2. The van der Waals surface area contributed by atoms with E-state index < -0.39 is 12.1 Å². The van der Waals surface area contributed by atoms with Gasteiger partial charge in [-0.15, -0.1) is 0 Å². The highest BCUT2D eigenvalue weighted by Gasteiger charge is 2.38. The highest BCUT2D eigenvalue weighted by molar-refractivity contribution is 5.73. The second-order valence-corrected chi connectivity index (χ2v) is 4.22. The van der Waals surface area contributed by atoms with Crippen LogP contribution in [0.2, 0.25) is 0 Å². The molecule has 0 aromatic heterocycles. The maximum atomic E-state index is 11.1. The van der Waals surface area contributed by atoms with Crippen molar-refractivity contribution in [3.63, 3.8) is 0 Å². The van der Waals surface area contributed by atoms with Crippen molar-refractivity contribution in [3.8, 4) is 0 Å². The maximum Gasteiger partial charge on any atom is 0.490 e. The van der Waals surface area contributed by atoms with Gasteiger partial charge in [-0.2, -0.15) is 13.2 Å². The molecule has 0 radical (unpaired) electrons. The first-order valence-electron chi connectivity index (χ1n) is 6.10. The minimum atomic E-state index is -5.08. The number of esters is 1. The lowest BCUT2D eigenvalue weighted by atomic mass is 10.1. The summed E-state index contributed by atoms with van der Waals surface area (Å²) in [5.74, 6) is -2.88. The van der Waals surface area contributed by atoms with Gasteiger partial charge in [-0.05, 0) is 19.8 Å². The van der Waals surface area contributed by atoms with Gasteiger partial charge in [-0.1, -0.05) is 0 Å². The number of halogens is 3. The second-order valence-electron chi connectivity index (χ2n) is 4.22. The van der Waals surface area contributed by atoms with Gasteiger partial charge in [-0.25, -0.2) is 4.79 Å². The van der Waals surface area contributed by atoms with E-state index in [1.54, 1.807) is 0 Å². The van der Waals surface area contributed by atoms with E-state index in [0.717, 1.165) is 25.9 Å². The Morgan fingerprint density at radius 1 is 1.35 bits per heavy atom. The van der Waals surface area contributed by atoms with Crippen molar-refractivity contribution < 1.29 is 32.6 Å². The summed E-state index contributed by atoms with van der Waals surface area (Å²) >= 11 is 0. The number of carbonyl (C=O) groups excluding carboxylic acids is 1. The molecule has 0 aliphatic carbocycles. The molecule has 1 rings (SSSR count). The van der Waals surface area contributed by atoms with Crippen molar-refractivity contribution in [2.75, 3.05) is 26.2 Å². The van der Waals surface area contributed by atoms with Crippen molar-refractivity contribution >= 4 is 11.9 Å². The zero-order valence-corrected chi connectivity index (χ0v) is 11.2. The number of ether oxygens (including phenoxy) is 1. The molecule has 6 nitrogen and oxygen atoms in total. The van der Waals surface area contributed by atoms with Crippen LogP contribution in [0.25, 0.3) is 0 Å². The van der Waals surface area contributed by atoms with E-state index in [0.29, 0.717) is 19.2 Å². The number of aliphatic carboxylic acids is 1. The lowest BCUT2D eigenvalue weighted by Gasteiger charge is -2.28. The van der Waals surface area contributed by atoms with Gasteiger partial charge in [-0.3, -0.25) is 9.69 Å². The van der Waals surface area contributed by atoms with E-state index in [9.17, 15) is 18.0 Å². The minimum Gasteiger partial charge on any atom is -0.475 e. The number of alkyl halides is 3. The van der Waals surface area contributed by atoms with Gasteiger partial charge in [0.1, 0.15) is 0 Å². The number of piperidine rings is 1. The van der Waals surface area contributed by atoms with Crippen LogP contribution in [0.1, 0.15) is 19.8 Å². The molecule has 9 heteroatoms. The number of nitrogens with zero attached hydrogens (tertiary/aromatic N) is 1. The summed E-state index contributed by atoms with van der Waals surface area (Å²) in [5, 5.41) is 7.12. The lowest BCUT2D eigenvalue weighted by molar-refractivity contribution is -0.192. The van der Waals surface area contributed by atoms with Gasteiger partial charge in [0.15, 0.2) is 0 Å². The Bertz CT molecular complexity index is 315. The number of hydrogen-bond acceptors (Lipinski definition) is 5. The highest BCUT2D eigenvalue weighted by atomic mass is 19.4. The largest absolute Gasteiger partial charge is 0.490 e. The number of rotatable bonds is 3. The predicted molar refractivity (Wildman–Crippen MR) is 64.0 cm³/mol. The second kappa shape index (κ2) is 8.75. The number of hydrogen-bond donors (Lipinski definition) is 2. The van der Waals surface area contributed by atoms with Gasteiger partial charge < -0.3 is 15.6 Å². The summed E-state index contributed by atoms with van der Waals surface area (Å²) in [6, 6.07) is 0.318. The van der Waals surface area contributed by atoms with E-state index in [1.165, 1.54) is 0 Å². The summed E-state index contributed by atoms with van der Waals surface area (Å²) < 4.78 is 36.6. The number of nitrogens with two attached hydrogens (primary N) is 1. The van der Waals surface area contributed by atoms with E-state index in [1.807, 2.05) is 6.92 Å². The first kappa shape index (κ1) is 18.7. The lowest BCUT2D eigenvalue weighted by Crippen LogP contribution is -2.42. The van der Waals surface area contributed by atoms with E-state index in [-0.39, 0.29) is 5.97 Å². The predicted octanol–water partition coefficient (Wildman–Crippen LogP) is 0.606. The van der Waals surface area contributed by atoms with Crippen molar-refractivity contribution in [1.82, 2.24) is 4.90 Å². The quantitative estimate of drug-likeness (QED) is 0.742. The first-order chi connectivity index (χ1) is 9.16. The molecule has 1 heterocycles. The van der Waals surface area contributed by atoms with Crippen molar-refractivity contribution in [2.24, 2.45) is 5.73 Å². The number of carboxylic acids is 1. The molecule has 0 bridgehead atoms. The standard InChI is InChI=1S/C9H18N2O2.C2HF3O2/c1-2-13-9(12)7-11-5-3-8(10)4-6-11;3-2(4,5)1(6)7/h8H,2-7,10H2,1H3;(H,6,7). The maximum absolute atomic E-state index is 11.1. The Kier molecular flexibility index (Phi) is 8.16. The smallest absolute Gasteiger partial charge is 0.475 e. The Balaban J connectivity index is 0.000000441.